The van der Waals surface area contributed by atoms with Crippen molar-refractivity contribution >= 4 is 16.8 Å². The minimum absolute atomic E-state index is 0.0519. The molecule has 8 heteroatoms. The molecule has 1 atom stereocenters. The molecule has 2 saturated heterocycles. The Morgan fingerprint density at radius 1 is 1.15 bits per heavy atom. The minimum atomic E-state index is -0.268. The zero-order valence-corrected chi connectivity index (χ0v) is 22.9. The highest BCUT2D eigenvalue weighted by Crippen LogP contribution is 2.50. The predicted octanol–water partition coefficient (Wildman–Crippen LogP) is 4.16. The van der Waals surface area contributed by atoms with Crippen LogP contribution in [-0.2, 0) is 28.5 Å². The number of halogens is 1. The van der Waals surface area contributed by atoms with Crippen molar-refractivity contribution in [3.8, 4) is 5.75 Å². The van der Waals surface area contributed by atoms with Gasteiger partial charge in [-0.15, -0.1) is 0 Å². The summed E-state index contributed by atoms with van der Waals surface area (Å²) in [7, 11) is 3.72. The topological polar surface area (TPSA) is 67.2 Å². The van der Waals surface area contributed by atoms with E-state index in [2.05, 4.69) is 26.5 Å². The number of hydrogen-bond donors (Lipinski definition) is 1. The van der Waals surface area contributed by atoms with Gasteiger partial charge in [-0.1, -0.05) is 18.2 Å². The normalized spacial score (nSPS) is 21.8. The number of aliphatic hydroxyl groups is 1. The van der Waals surface area contributed by atoms with Crippen molar-refractivity contribution in [2.24, 2.45) is 13.0 Å². The molecular weight excluding hydrogens is 497 g/mol. The number of aryl methyl sites for hydroxylation is 1. The monoisotopic (exact) mass is 535 g/mol. The van der Waals surface area contributed by atoms with Crippen LogP contribution in [-0.4, -0.2) is 71.9 Å². The number of benzene rings is 2. The highest BCUT2D eigenvalue weighted by molar-refractivity contribution is 5.89. The predicted molar refractivity (Wildman–Crippen MR) is 147 cm³/mol. The summed E-state index contributed by atoms with van der Waals surface area (Å²) in [6, 6.07) is 12.8. The van der Waals surface area contributed by atoms with E-state index in [1.165, 1.54) is 17.0 Å². The molecule has 3 aliphatic rings. The fraction of sp³-hybridized carbons (Fsp3) is 0.516. The quantitative estimate of drug-likeness (QED) is 0.532. The Bertz CT molecular complexity index is 1360. The summed E-state index contributed by atoms with van der Waals surface area (Å²) in [5.41, 5.74) is 3.82. The molecule has 4 heterocycles. The van der Waals surface area contributed by atoms with E-state index in [9.17, 15) is 14.3 Å². The second-order valence-corrected chi connectivity index (χ2v) is 11.4. The zero-order valence-electron chi connectivity index (χ0n) is 22.9. The van der Waals surface area contributed by atoms with Crippen LogP contribution in [0.3, 0.4) is 0 Å². The summed E-state index contributed by atoms with van der Waals surface area (Å²) in [5, 5.41) is 11.9. The number of likely N-dealkylation sites (tertiary alicyclic amines) is 1. The van der Waals surface area contributed by atoms with Crippen LogP contribution in [0.5, 0.6) is 5.75 Å². The fourth-order valence-corrected chi connectivity index (χ4v) is 7.24. The lowest BCUT2D eigenvalue weighted by molar-refractivity contribution is -0.140. The van der Waals surface area contributed by atoms with Crippen LogP contribution in [0.2, 0.25) is 0 Å². The third-order valence-electron chi connectivity index (χ3n) is 9.35. The zero-order chi connectivity index (χ0) is 27.1. The number of fused-ring (bicyclic) bond motifs is 4. The number of amides is 1. The molecule has 0 saturated carbocycles. The van der Waals surface area contributed by atoms with Crippen molar-refractivity contribution in [3.05, 3.63) is 65.1 Å². The van der Waals surface area contributed by atoms with E-state index in [-0.39, 0.29) is 35.7 Å². The second kappa shape index (κ2) is 10.6. The van der Waals surface area contributed by atoms with Crippen LogP contribution < -0.4 is 4.74 Å². The molecule has 0 unspecified atom stereocenters. The maximum absolute atomic E-state index is 14.8. The smallest absolute Gasteiger partial charge is 0.225 e. The van der Waals surface area contributed by atoms with Crippen LogP contribution in [0.15, 0.2) is 42.5 Å². The Balaban J connectivity index is 1.40. The summed E-state index contributed by atoms with van der Waals surface area (Å²) < 4.78 is 28.0. The van der Waals surface area contributed by atoms with E-state index in [1.54, 1.807) is 13.2 Å². The number of aliphatic hydroxyl groups excluding tert-OH is 1. The average molecular weight is 536 g/mol. The molecule has 7 nitrogen and oxygen atoms in total. The van der Waals surface area contributed by atoms with Crippen molar-refractivity contribution in [1.29, 1.82) is 0 Å². The summed E-state index contributed by atoms with van der Waals surface area (Å²) in [6.07, 6.45) is 3.24. The molecule has 6 rings (SSSR count). The van der Waals surface area contributed by atoms with E-state index >= 15 is 0 Å². The molecule has 2 fully saturated rings. The van der Waals surface area contributed by atoms with E-state index in [0.29, 0.717) is 45.0 Å². The first-order chi connectivity index (χ1) is 19.0. The van der Waals surface area contributed by atoms with Crippen molar-refractivity contribution < 1.29 is 23.8 Å². The molecule has 2 aromatic carbocycles. The minimum Gasteiger partial charge on any atom is -0.497 e. The number of carbonyl (C=O) groups is 1. The number of nitrogens with zero attached hydrogens (tertiary/aromatic N) is 3. The van der Waals surface area contributed by atoms with Gasteiger partial charge in [0.25, 0.3) is 0 Å². The van der Waals surface area contributed by atoms with Gasteiger partial charge in [-0.25, -0.2) is 4.39 Å². The van der Waals surface area contributed by atoms with Crippen molar-refractivity contribution in [3.63, 3.8) is 0 Å². The maximum atomic E-state index is 14.8. The summed E-state index contributed by atoms with van der Waals surface area (Å²) in [6.45, 7) is 3.75. The van der Waals surface area contributed by atoms with Crippen LogP contribution in [0.1, 0.15) is 48.5 Å². The van der Waals surface area contributed by atoms with Gasteiger partial charge in [0.1, 0.15) is 11.6 Å². The first-order valence-corrected chi connectivity index (χ1v) is 14.1. The number of aromatic nitrogens is 1. The van der Waals surface area contributed by atoms with Crippen LogP contribution >= 0.6 is 0 Å². The van der Waals surface area contributed by atoms with Crippen molar-refractivity contribution in [2.75, 3.05) is 46.6 Å². The second-order valence-electron chi connectivity index (χ2n) is 11.4. The molecule has 1 aromatic heterocycles. The maximum Gasteiger partial charge on any atom is 0.225 e. The number of hydrogen-bond acceptors (Lipinski definition) is 5. The van der Waals surface area contributed by atoms with E-state index < -0.39 is 0 Å². The number of piperidine rings is 1. The Morgan fingerprint density at radius 3 is 2.59 bits per heavy atom. The molecule has 0 bridgehead atoms. The van der Waals surface area contributed by atoms with Crippen molar-refractivity contribution in [1.82, 2.24) is 14.4 Å². The number of ether oxygens (including phenoxy) is 2. The van der Waals surface area contributed by atoms with Gasteiger partial charge in [0.2, 0.25) is 5.91 Å². The standard InChI is InChI=1S/C31H38FN3O4/c1-33-26-17-23(38-2)7-8-24(26)28-29(33)27(19-36)35(18-22-5-3-4-6-25(22)32)20-31(28)11-13-34(14-12-31)30(37)21-9-15-39-16-10-21/h3-8,17,21,27,36H,9-16,18-20H2,1-2H3/t27-/m1/s1. The first kappa shape index (κ1) is 26.3. The van der Waals surface area contributed by atoms with E-state index in [4.69, 9.17) is 9.47 Å². The molecule has 0 radical (unpaired) electrons. The molecule has 3 aromatic rings. The van der Waals surface area contributed by atoms with Gasteiger partial charge in [0.05, 0.1) is 25.3 Å². The molecule has 0 aliphatic carbocycles. The molecule has 1 N–H and O–H groups in total. The van der Waals surface area contributed by atoms with Crippen molar-refractivity contribution in [2.45, 2.75) is 43.7 Å². The third-order valence-corrected chi connectivity index (χ3v) is 9.35. The SMILES string of the molecule is COc1ccc2c3c(n(C)c2c1)[C@@H](CO)N(Cc1ccccc1F)CC31CCN(C(=O)C2CCOCC2)CC1. The van der Waals surface area contributed by atoms with Crippen LogP contribution in [0.4, 0.5) is 4.39 Å². The largest absolute Gasteiger partial charge is 0.497 e. The van der Waals surface area contributed by atoms with Gasteiger partial charge in [-0.3, -0.25) is 9.69 Å². The Hall–Kier alpha value is -2.94. The molecule has 208 valence electrons. The molecule has 39 heavy (non-hydrogen) atoms. The lowest BCUT2D eigenvalue weighted by Gasteiger charge is -2.51. The molecule has 1 amide bonds. The van der Waals surface area contributed by atoms with Crippen LogP contribution in [0.25, 0.3) is 10.9 Å². The lowest BCUT2D eigenvalue weighted by atomic mass is 9.68. The number of carbonyl (C=O) groups excluding carboxylic acids is 1. The van der Waals surface area contributed by atoms with Gasteiger partial charge in [-0.05, 0) is 49.4 Å². The number of methoxy groups -OCH3 is 1. The Morgan fingerprint density at radius 2 is 1.90 bits per heavy atom. The van der Waals surface area contributed by atoms with Gasteiger partial charge >= 0.3 is 0 Å². The van der Waals surface area contributed by atoms with Gasteiger partial charge in [-0.2, -0.15) is 0 Å². The highest BCUT2D eigenvalue weighted by atomic mass is 19.1. The summed E-state index contributed by atoms with van der Waals surface area (Å²) in [4.78, 5) is 17.7. The Labute approximate surface area is 229 Å². The molecular formula is C31H38FN3O4. The van der Waals surface area contributed by atoms with E-state index in [0.717, 1.165) is 42.6 Å². The molecule has 3 aliphatic heterocycles. The molecule has 1 spiro atoms. The van der Waals surface area contributed by atoms with Crippen LogP contribution in [0, 0.1) is 11.7 Å². The lowest BCUT2D eigenvalue weighted by Crippen LogP contribution is -2.55. The van der Waals surface area contributed by atoms with Gasteiger partial charge in [0.15, 0.2) is 0 Å². The summed E-state index contributed by atoms with van der Waals surface area (Å²) in [5.74, 6) is 0.863. The Kier molecular flexibility index (Phi) is 7.12. The first-order valence-electron chi connectivity index (χ1n) is 14.1. The van der Waals surface area contributed by atoms with Gasteiger partial charge < -0.3 is 24.0 Å². The number of rotatable bonds is 5. The highest BCUT2D eigenvalue weighted by Gasteiger charge is 2.49. The van der Waals surface area contributed by atoms with E-state index in [1.807, 2.05) is 25.2 Å². The summed E-state index contributed by atoms with van der Waals surface area (Å²) >= 11 is 0. The fourth-order valence-electron chi connectivity index (χ4n) is 7.24. The average Bonchev–Trinajstić information content (AvgIpc) is 3.27. The third kappa shape index (κ3) is 4.52. The van der Waals surface area contributed by atoms with Gasteiger partial charge in [0, 0.05) is 80.5 Å².